The molecule has 1 aliphatic carbocycles. The molecule has 0 aliphatic heterocycles. The van der Waals surface area contributed by atoms with Crippen LogP contribution in [0.5, 0.6) is 0 Å². The lowest BCUT2D eigenvalue weighted by Gasteiger charge is -2.22. The van der Waals surface area contributed by atoms with E-state index in [4.69, 9.17) is 5.26 Å². The fourth-order valence-electron chi connectivity index (χ4n) is 1.22. The number of hydrogen-bond donors (Lipinski definition) is 0. The minimum absolute atomic E-state index is 0.534. The van der Waals surface area contributed by atoms with E-state index in [1.165, 1.54) is 12.8 Å². The number of rotatable bonds is 3. The zero-order valence-corrected chi connectivity index (χ0v) is 6.67. The third-order valence-electron chi connectivity index (χ3n) is 1.93. The monoisotopic (exact) mass is 138 g/mol. The Morgan fingerprint density at radius 2 is 2.20 bits per heavy atom. The highest BCUT2D eigenvalue weighted by Gasteiger charge is 2.29. The molecule has 0 spiro atoms. The van der Waals surface area contributed by atoms with E-state index in [0.29, 0.717) is 12.6 Å². The van der Waals surface area contributed by atoms with Crippen LogP contribution in [0.2, 0.25) is 0 Å². The Labute approximate surface area is 62.4 Å². The molecule has 2 heteroatoms. The summed E-state index contributed by atoms with van der Waals surface area (Å²) in [6, 6.07) is 3.45. The van der Waals surface area contributed by atoms with Crippen molar-refractivity contribution in [1.82, 2.24) is 4.90 Å². The van der Waals surface area contributed by atoms with E-state index in [0.717, 1.165) is 6.04 Å². The fourth-order valence-corrected chi connectivity index (χ4v) is 1.22. The molecule has 0 unspecified atom stereocenters. The number of hydrogen-bond acceptors (Lipinski definition) is 2. The minimum Gasteiger partial charge on any atom is -0.285 e. The van der Waals surface area contributed by atoms with Crippen molar-refractivity contribution in [2.45, 2.75) is 38.8 Å². The van der Waals surface area contributed by atoms with Gasteiger partial charge in [-0.2, -0.15) is 5.26 Å². The molecule has 56 valence electrons. The Hall–Kier alpha value is -0.550. The Balaban J connectivity index is 2.35. The lowest BCUT2D eigenvalue weighted by Crippen LogP contribution is -2.33. The van der Waals surface area contributed by atoms with E-state index in [-0.39, 0.29) is 0 Å². The molecule has 10 heavy (non-hydrogen) atoms. The number of nitriles is 1. The predicted molar refractivity (Wildman–Crippen MR) is 40.5 cm³/mol. The number of nitrogens with zero attached hydrogens (tertiary/aromatic N) is 2. The van der Waals surface area contributed by atoms with Gasteiger partial charge in [0.15, 0.2) is 0 Å². The molecule has 0 saturated heterocycles. The van der Waals surface area contributed by atoms with Gasteiger partial charge in [-0.15, -0.1) is 0 Å². The van der Waals surface area contributed by atoms with Crippen molar-refractivity contribution >= 4 is 0 Å². The van der Waals surface area contributed by atoms with Gasteiger partial charge in [0.25, 0.3) is 0 Å². The molecule has 0 bridgehead atoms. The summed E-state index contributed by atoms with van der Waals surface area (Å²) in [5, 5.41) is 8.47. The van der Waals surface area contributed by atoms with Crippen LogP contribution in [0, 0.1) is 11.3 Å². The summed E-state index contributed by atoms with van der Waals surface area (Å²) in [4.78, 5) is 2.26. The van der Waals surface area contributed by atoms with E-state index in [1.807, 2.05) is 0 Å². The first-order chi connectivity index (χ1) is 4.75. The Morgan fingerprint density at radius 1 is 1.60 bits per heavy atom. The molecule has 0 N–H and O–H groups in total. The van der Waals surface area contributed by atoms with Crippen molar-refractivity contribution in [2.24, 2.45) is 0 Å². The summed E-state index contributed by atoms with van der Waals surface area (Å²) in [5.74, 6) is 0. The minimum atomic E-state index is 0.534. The van der Waals surface area contributed by atoms with Crippen molar-refractivity contribution in [1.29, 1.82) is 5.26 Å². The van der Waals surface area contributed by atoms with Crippen molar-refractivity contribution in [2.75, 3.05) is 6.54 Å². The van der Waals surface area contributed by atoms with Gasteiger partial charge in [0.1, 0.15) is 0 Å². The molecule has 0 atom stereocenters. The lowest BCUT2D eigenvalue weighted by atomic mass is 10.3. The standard InChI is InChI=1S/C8H14N2/c1-7(2)10(6-5-9)8-3-4-8/h7-8H,3-4,6H2,1-2H3. The van der Waals surface area contributed by atoms with E-state index >= 15 is 0 Å². The smallest absolute Gasteiger partial charge is 0.0870 e. The summed E-state index contributed by atoms with van der Waals surface area (Å²) < 4.78 is 0. The average molecular weight is 138 g/mol. The first kappa shape index (κ1) is 7.56. The molecular weight excluding hydrogens is 124 g/mol. The second-order valence-corrected chi connectivity index (χ2v) is 3.16. The molecule has 0 heterocycles. The summed E-state index contributed by atoms with van der Waals surface area (Å²) in [6.07, 6.45) is 2.58. The van der Waals surface area contributed by atoms with Gasteiger partial charge in [-0.05, 0) is 26.7 Å². The van der Waals surface area contributed by atoms with Gasteiger partial charge < -0.3 is 0 Å². The first-order valence-corrected chi connectivity index (χ1v) is 3.88. The highest BCUT2D eigenvalue weighted by atomic mass is 15.2. The summed E-state index contributed by atoms with van der Waals surface area (Å²) in [5.41, 5.74) is 0. The molecule has 0 aromatic carbocycles. The van der Waals surface area contributed by atoms with Crippen LogP contribution in [0.15, 0.2) is 0 Å². The van der Waals surface area contributed by atoms with E-state index in [2.05, 4.69) is 24.8 Å². The predicted octanol–water partition coefficient (Wildman–Crippen LogP) is 1.38. The second-order valence-electron chi connectivity index (χ2n) is 3.16. The van der Waals surface area contributed by atoms with Crippen LogP contribution in [0.3, 0.4) is 0 Å². The van der Waals surface area contributed by atoms with Crippen LogP contribution in [0.25, 0.3) is 0 Å². The highest BCUT2D eigenvalue weighted by molar-refractivity contribution is 4.91. The molecule has 1 rings (SSSR count). The SMILES string of the molecule is CC(C)N(CC#N)C1CC1. The molecule has 0 radical (unpaired) electrons. The average Bonchev–Trinajstić information content (AvgIpc) is 2.63. The van der Waals surface area contributed by atoms with Crippen LogP contribution in [0.4, 0.5) is 0 Å². The molecule has 2 nitrogen and oxygen atoms in total. The molecule has 1 aliphatic rings. The summed E-state index contributed by atoms with van der Waals surface area (Å²) in [6.45, 7) is 4.90. The highest BCUT2D eigenvalue weighted by Crippen LogP contribution is 2.27. The van der Waals surface area contributed by atoms with Crippen LogP contribution in [0.1, 0.15) is 26.7 Å². The fraction of sp³-hybridized carbons (Fsp3) is 0.875. The first-order valence-electron chi connectivity index (χ1n) is 3.88. The molecule has 1 fully saturated rings. The van der Waals surface area contributed by atoms with Crippen LogP contribution in [-0.4, -0.2) is 23.5 Å². The maximum Gasteiger partial charge on any atom is 0.0870 e. The van der Waals surface area contributed by atoms with Gasteiger partial charge in [-0.1, -0.05) is 0 Å². The van der Waals surface area contributed by atoms with Gasteiger partial charge in [0.2, 0.25) is 0 Å². The van der Waals surface area contributed by atoms with Gasteiger partial charge >= 0.3 is 0 Å². The molecule has 1 saturated carbocycles. The zero-order valence-electron chi connectivity index (χ0n) is 6.67. The van der Waals surface area contributed by atoms with Gasteiger partial charge in [0, 0.05) is 12.1 Å². The van der Waals surface area contributed by atoms with Gasteiger partial charge in [-0.3, -0.25) is 4.90 Å². The van der Waals surface area contributed by atoms with Crippen molar-refractivity contribution in [3.8, 4) is 6.07 Å². The molecule has 0 aromatic rings. The Morgan fingerprint density at radius 3 is 2.50 bits per heavy atom. The van der Waals surface area contributed by atoms with Crippen LogP contribution < -0.4 is 0 Å². The molecule has 0 amide bonds. The van der Waals surface area contributed by atoms with Gasteiger partial charge in [0.05, 0.1) is 12.6 Å². The normalized spacial score (nSPS) is 17.9. The quantitative estimate of drug-likeness (QED) is 0.551. The van der Waals surface area contributed by atoms with E-state index in [9.17, 15) is 0 Å². The molecule has 0 aromatic heterocycles. The second kappa shape index (κ2) is 3.03. The van der Waals surface area contributed by atoms with Crippen molar-refractivity contribution in [3.63, 3.8) is 0 Å². The summed E-state index contributed by atoms with van der Waals surface area (Å²) >= 11 is 0. The van der Waals surface area contributed by atoms with Crippen molar-refractivity contribution < 1.29 is 0 Å². The maximum atomic E-state index is 8.47. The Kier molecular flexibility index (Phi) is 2.29. The zero-order chi connectivity index (χ0) is 7.56. The molecular formula is C8H14N2. The van der Waals surface area contributed by atoms with Crippen LogP contribution >= 0.6 is 0 Å². The van der Waals surface area contributed by atoms with Crippen LogP contribution in [-0.2, 0) is 0 Å². The summed E-state index contributed by atoms with van der Waals surface area (Å²) in [7, 11) is 0. The largest absolute Gasteiger partial charge is 0.285 e. The van der Waals surface area contributed by atoms with Gasteiger partial charge in [-0.25, -0.2) is 0 Å². The third-order valence-corrected chi connectivity index (χ3v) is 1.93. The topological polar surface area (TPSA) is 27.0 Å². The van der Waals surface area contributed by atoms with E-state index in [1.54, 1.807) is 0 Å². The third kappa shape index (κ3) is 1.71. The van der Waals surface area contributed by atoms with Crippen molar-refractivity contribution in [3.05, 3.63) is 0 Å². The van der Waals surface area contributed by atoms with E-state index < -0.39 is 0 Å². The lowest BCUT2D eigenvalue weighted by molar-refractivity contribution is 0.238. The Bertz CT molecular complexity index is 140. The maximum absolute atomic E-state index is 8.47.